The van der Waals surface area contributed by atoms with E-state index < -0.39 is 16.9 Å². The summed E-state index contributed by atoms with van der Waals surface area (Å²) in [4.78, 5) is 22.8. The van der Waals surface area contributed by atoms with Crippen LogP contribution in [0.1, 0.15) is 33.1 Å². The normalized spacial score (nSPS) is 18.7. The molecule has 0 aromatic rings. The third-order valence-corrected chi connectivity index (χ3v) is 3.54. The van der Waals surface area contributed by atoms with Crippen molar-refractivity contribution < 1.29 is 14.7 Å². The zero-order chi connectivity index (χ0) is 12.4. The Kier molecular flexibility index (Phi) is 3.57. The Balaban J connectivity index is 2.51. The van der Waals surface area contributed by atoms with Crippen LogP contribution in [0.3, 0.4) is 0 Å². The quantitative estimate of drug-likeness (QED) is 0.634. The highest BCUT2D eigenvalue weighted by atomic mass is 16.4. The smallest absolute Gasteiger partial charge is 0.311 e. The second-order valence-electron chi connectivity index (χ2n) is 5.00. The van der Waals surface area contributed by atoms with E-state index in [1.807, 2.05) is 0 Å². The number of likely N-dealkylation sites (N-methyl/N-ethyl adjacent to an activating group) is 1. The average Bonchev–Trinajstić information content (AvgIpc) is 2.15. The summed E-state index contributed by atoms with van der Waals surface area (Å²) in [6.45, 7) is 3.75. The molecule has 1 aliphatic carbocycles. The zero-order valence-electron chi connectivity index (χ0n) is 10.1. The largest absolute Gasteiger partial charge is 0.481 e. The van der Waals surface area contributed by atoms with E-state index in [1.165, 1.54) is 0 Å². The van der Waals surface area contributed by atoms with Crippen molar-refractivity contribution in [2.45, 2.75) is 38.6 Å². The van der Waals surface area contributed by atoms with Crippen LogP contribution in [0, 0.1) is 5.41 Å². The first-order valence-corrected chi connectivity index (χ1v) is 5.55. The van der Waals surface area contributed by atoms with E-state index in [4.69, 9.17) is 5.11 Å². The van der Waals surface area contributed by atoms with E-state index in [0.717, 1.165) is 6.42 Å². The minimum absolute atomic E-state index is 0.164. The Bertz CT molecular complexity index is 296. The highest BCUT2D eigenvalue weighted by Crippen LogP contribution is 2.40. The van der Waals surface area contributed by atoms with Crippen molar-refractivity contribution >= 4 is 11.9 Å². The Morgan fingerprint density at radius 3 is 2.25 bits per heavy atom. The maximum atomic E-state index is 11.7. The number of nitrogens with one attached hydrogen (secondary N) is 2. The third kappa shape index (κ3) is 2.35. The molecule has 5 nitrogen and oxygen atoms in total. The Labute approximate surface area is 95.6 Å². The maximum Gasteiger partial charge on any atom is 0.311 e. The number of carbonyl (C=O) groups excluding carboxylic acids is 1. The molecule has 0 atom stereocenters. The predicted octanol–water partition coefficient (Wildman–Crippen LogP) is 0.355. The Morgan fingerprint density at radius 1 is 1.38 bits per heavy atom. The summed E-state index contributed by atoms with van der Waals surface area (Å²) in [6, 6.07) is 0. The molecule has 92 valence electrons. The van der Waals surface area contributed by atoms with E-state index in [2.05, 4.69) is 10.6 Å². The van der Waals surface area contributed by atoms with Crippen molar-refractivity contribution in [3.8, 4) is 0 Å². The molecule has 0 aliphatic heterocycles. The molecule has 0 bridgehead atoms. The van der Waals surface area contributed by atoms with Crippen molar-refractivity contribution in [3.63, 3.8) is 0 Å². The van der Waals surface area contributed by atoms with Crippen LogP contribution < -0.4 is 10.6 Å². The van der Waals surface area contributed by atoms with Gasteiger partial charge in [0.05, 0.1) is 11.0 Å². The molecule has 1 amide bonds. The van der Waals surface area contributed by atoms with Gasteiger partial charge in [0, 0.05) is 6.54 Å². The highest BCUT2D eigenvalue weighted by Gasteiger charge is 2.45. The molecule has 16 heavy (non-hydrogen) atoms. The van der Waals surface area contributed by atoms with E-state index in [1.54, 1.807) is 20.9 Å². The van der Waals surface area contributed by atoms with Crippen LogP contribution in [-0.2, 0) is 9.59 Å². The van der Waals surface area contributed by atoms with Crippen LogP contribution in [0.25, 0.3) is 0 Å². The standard InChI is InChI=1S/C11H20N2O3/c1-10(2,12-3)8(14)13-7-11(9(15)16)5-4-6-11/h12H,4-7H2,1-3H3,(H,13,14)(H,15,16). The Hall–Kier alpha value is -1.10. The molecule has 3 N–H and O–H groups in total. The second-order valence-corrected chi connectivity index (χ2v) is 5.00. The second kappa shape index (κ2) is 4.41. The average molecular weight is 228 g/mol. The van der Waals surface area contributed by atoms with E-state index in [9.17, 15) is 9.59 Å². The fourth-order valence-corrected chi connectivity index (χ4v) is 1.65. The van der Waals surface area contributed by atoms with Gasteiger partial charge < -0.3 is 15.7 Å². The molecule has 1 saturated carbocycles. The monoisotopic (exact) mass is 228 g/mol. The number of hydrogen-bond acceptors (Lipinski definition) is 3. The number of carbonyl (C=O) groups is 2. The summed E-state index contributed by atoms with van der Waals surface area (Å²) in [5.41, 5.74) is -1.39. The number of rotatable bonds is 5. The molecule has 0 heterocycles. The third-order valence-electron chi connectivity index (χ3n) is 3.54. The number of carboxylic acid groups (broad SMARTS) is 1. The predicted molar refractivity (Wildman–Crippen MR) is 60.1 cm³/mol. The minimum atomic E-state index is -0.804. The lowest BCUT2D eigenvalue weighted by molar-refractivity contribution is -0.154. The van der Waals surface area contributed by atoms with Gasteiger partial charge in [0.15, 0.2) is 0 Å². The molecule has 0 saturated heterocycles. The molecule has 0 radical (unpaired) electrons. The van der Waals surface area contributed by atoms with Gasteiger partial charge in [-0.3, -0.25) is 9.59 Å². The number of carboxylic acids is 1. The lowest BCUT2D eigenvalue weighted by Gasteiger charge is -2.38. The van der Waals surface area contributed by atoms with E-state index >= 15 is 0 Å². The molecule has 1 fully saturated rings. The van der Waals surface area contributed by atoms with Gasteiger partial charge in [-0.2, -0.15) is 0 Å². The molecule has 1 rings (SSSR count). The van der Waals surface area contributed by atoms with Crippen molar-refractivity contribution in [1.82, 2.24) is 10.6 Å². The molecule has 5 heteroatoms. The van der Waals surface area contributed by atoms with Crippen molar-refractivity contribution in [1.29, 1.82) is 0 Å². The van der Waals surface area contributed by atoms with Crippen LogP contribution in [0.4, 0.5) is 0 Å². The van der Waals surface area contributed by atoms with Gasteiger partial charge in [-0.15, -0.1) is 0 Å². The van der Waals surface area contributed by atoms with Gasteiger partial charge in [0.25, 0.3) is 0 Å². The van der Waals surface area contributed by atoms with Crippen molar-refractivity contribution in [2.24, 2.45) is 5.41 Å². The maximum absolute atomic E-state index is 11.7. The molecular formula is C11H20N2O3. The zero-order valence-corrected chi connectivity index (χ0v) is 10.1. The first-order chi connectivity index (χ1) is 7.34. The van der Waals surface area contributed by atoms with Crippen LogP contribution in [-0.4, -0.2) is 36.1 Å². The van der Waals surface area contributed by atoms with Crippen LogP contribution in [0.5, 0.6) is 0 Å². The van der Waals surface area contributed by atoms with Gasteiger partial charge in [-0.1, -0.05) is 6.42 Å². The molecule has 1 aliphatic rings. The number of aliphatic carboxylic acids is 1. The SMILES string of the molecule is CNC(C)(C)C(=O)NCC1(C(=O)O)CCC1. The van der Waals surface area contributed by atoms with Crippen LogP contribution in [0.2, 0.25) is 0 Å². The summed E-state index contributed by atoms with van der Waals surface area (Å²) in [7, 11) is 1.70. The summed E-state index contributed by atoms with van der Waals surface area (Å²) in [6.07, 6.45) is 2.24. The molecular weight excluding hydrogens is 208 g/mol. The fraction of sp³-hybridized carbons (Fsp3) is 0.818. The van der Waals surface area contributed by atoms with Gasteiger partial charge >= 0.3 is 5.97 Å². The van der Waals surface area contributed by atoms with Gasteiger partial charge in [0.2, 0.25) is 5.91 Å². The first kappa shape index (κ1) is 13.0. The van der Waals surface area contributed by atoms with Gasteiger partial charge in [0.1, 0.15) is 0 Å². The summed E-state index contributed by atoms with van der Waals surface area (Å²) in [5, 5.41) is 14.7. The highest BCUT2D eigenvalue weighted by molar-refractivity contribution is 5.86. The molecule has 0 spiro atoms. The lowest BCUT2D eigenvalue weighted by Crippen LogP contribution is -2.55. The lowest BCUT2D eigenvalue weighted by atomic mass is 9.68. The minimum Gasteiger partial charge on any atom is -0.481 e. The molecule has 0 aromatic carbocycles. The fourth-order valence-electron chi connectivity index (χ4n) is 1.65. The molecule has 0 aromatic heterocycles. The summed E-state index contributed by atoms with van der Waals surface area (Å²) in [5.74, 6) is -0.969. The Morgan fingerprint density at radius 2 is 1.94 bits per heavy atom. The molecule has 0 unspecified atom stereocenters. The number of amides is 1. The van der Waals surface area contributed by atoms with E-state index in [-0.39, 0.29) is 12.5 Å². The van der Waals surface area contributed by atoms with Gasteiger partial charge in [-0.25, -0.2) is 0 Å². The van der Waals surface area contributed by atoms with Crippen molar-refractivity contribution in [2.75, 3.05) is 13.6 Å². The summed E-state index contributed by atoms with van der Waals surface area (Å²) < 4.78 is 0. The van der Waals surface area contributed by atoms with E-state index in [0.29, 0.717) is 12.8 Å². The summed E-state index contributed by atoms with van der Waals surface area (Å²) >= 11 is 0. The van der Waals surface area contributed by atoms with Gasteiger partial charge in [-0.05, 0) is 33.7 Å². The topological polar surface area (TPSA) is 78.4 Å². The van der Waals surface area contributed by atoms with Crippen molar-refractivity contribution in [3.05, 3.63) is 0 Å². The first-order valence-electron chi connectivity index (χ1n) is 5.55. The van der Waals surface area contributed by atoms with Crippen LogP contribution >= 0.6 is 0 Å². The van der Waals surface area contributed by atoms with Crippen LogP contribution in [0.15, 0.2) is 0 Å². The number of hydrogen-bond donors (Lipinski definition) is 3.